The van der Waals surface area contributed by atoms with Crippen LogP contribution in [0.2, 0.25) is 10.0 Å². The average Bonchev–Trinajstić information content (AvgIpc) is 0.789. The number of rotatable bonds is 28. The summed E-state index contributed by atoms with van der Waals surface area (Å²) in [5, 5.41) is 123. The van der Waals surface area contributed by atoms with E-state index in [1.165, 1.54) is 69.5 Å². The summed E-state index contributed by atoms with van der Waals surface area (Å²) >= 11 is 14.5. The molecule has 5 aromatic carbocycles. The van der Waals surface area contributed by atoms with Crippen molar-refractivity contribution >= 4 is 70.5 Å². The van der Waals surface area contributed by atoms with Gasteiger partial charge in [0.15, 0.2) is 23.9 Å². The van der Waals surface area contributed by atoms with Crippen LogP contribution in [0.3, 0.4) is 0 Å². The average molecular weight is 1710 g/mol. The Balaban J connectivity index is 1.08. The van der Waals surface area contributed by atoms with Crippen LogP contribution in [0.25, 0.3) is 11.1 Å². The van der Waals surface area contributed by atoms with E-state index < -0.39 is 221 Å². The van der Waals surface area contributed by atoms with Crippen molar-refractivity contribution in [1.82, 2.24) is 53.2 Å². The lowest BCUT2D eigenvalue weighted by molar-refractivity contribution is -0.331. The number of ether oxygens (including phenoxy) is 7. The summed E-state index contributed by atoms with van der Waals surface area (Å²) in [6.07, 6.45) is -7.41. The van der Waals surface area contributed by atoms with Crippen molar-refractivity contribution in [1.29, 1.82) is 0 Å². The fourth-order valence-corrected chi connectivity index (χ4v) is 16.2. The Bertz CT molecular complexity index is 4510. The molecule has 13 rings (SSSR count). The predicted molar refractivity (Wildman–Crippen MR) is 435 cm³/mol. The number of aliphatic hydroxyl groups is 5. The Morgan fingerprint density at radius 2 is 1.33 bits per heavy atom. The second-order valence-electron chi connectivity index (χ2n) is 31.9. The van der Waals surface area contributed by atoms with Crippen LogP contribution in [-0.2, 0) is 57.3 Å². The van der Waals surface area contributed by atoms with Gasteiger partial charge in [-0.1, -0.05) is 107 Å². The maximum absolute atomic E-state index is 16.4. The molecule has 8 aliphatic heterocycles. The molecule has 0 spiro atoms. The van der Waals surface area contributed by atoms with E-state index in [2.05, 4.69) is 60.1 Å². The first kappa shape index (κ1) is 91.5. The largest absolute Gasteiger partial charge is 0.508 e. The highest BCUT2D eigenvalue weighted by Crippen LogP contribution is 2.50. The number of aromatic hydroxyl groups is 3. The normalized spacial score (nSPS) is 27.9. The Morgan fingerprint density at radius 3 is 1.97 bits per heavy atom. The molecule has 5 aromatic rings. The molecule has 3 fully saturated rings. The van der Waals surface area contributed by atoms with Crippen molar-refractivity contribution in [3.05, 3.63) is 117 Å². The Labute approximate surface area is 703 Å². The first-order valence-corrected chi connectivity index (χ1v) is 41.4. The number of amides is 8. The summed E-state index contributed by atoms with van der Waals surface area (Å²) < 4.78 is 45.7. The monoisotopic (exact) mass is 1710 g/mol. The van der Waals surface area contributed by atoms with Crippen molar-refractivity contribution in [3.8, 4) is 57.1 Å². The molecule has 1 unspecified atom stereocenters. The first-order chi connectivity index (χ1) is 57.3. The lowest BCUT2D eigenvalue weighted by Crippen LogP contribution is -2.66. The standard InChI is InChI=1S/C83H110Cl2N12O23/c1-7-8-9-10-11-12-13-14-23-89-24-25-91-83(5)36-61(115-40(4)74(83)106)119-73-71(105)70(104)59(37-86)118-82(73)120-72-57-31-44-32-58(72)117-56-22-19-43(30-50(56)85)69(103)67-81(113)95-65(77(109)90-38-46-16-15-26-114-46)48-33-45(98)34-54(100)62(48)47-28-41(17-20-53(47)99)63(78(110)97-67)94-79(111)64(44)93-76(108)52(35-60(87)101)92-80(112)66(96-75(107)51(88-6)27-39(2)3)68(102)42-18-21-55(116-57)49(84)29-42/h17-22,28-34,39-40,46,51-52,59,61,63-71,73-74,82,88-89,91,98-100,102-106H,7-16,23-27,35-38,86H2,1-6H3,(H2,87,101)(H,90,109)(H,92,112)(H,93,108)(H,94,111)(H,95,113)(H,96,107)(H,97,110)/t40-,46?,51+,52-,59+,61-,63+,64+,65-,66+,67-,68+,69+,70+,71-,73+,74+,82-,83-/m0/s1. The number of unbranched alkanes of at least 4 members (excludes halogenated alkanes) is 7. The van der Waals surface area contributed by atoms with E-state index in [4.69, 9.17) is 67.8 Å². The smallest absolute Gasteiger partial charge is 0.248 e. The number of halogens is 2. The van der Waals surface area contributed by atoms with Gasteiger partial charge in [0.25, 0.3) is 0 Å². The zero-order valence-corrected chi connectivity index (χ0v) is 69.0. The lowest BCUT2D eigenvalue weighted by atomic mass is 9.85. The van der Waals surface area contributed by atoms with Crippen LogP contribution in [0.4, 0.5) is 0 Å². The molecule has 3 saturated heterocycles. The van der Waals surface area contributed by atoms with Gasteiger partial charge in [-0.3, -0.25) is 38.4 Å². The third-order valence-corrected chi connectivity index (χ3v) is 23.0. The highest BCUT2D eigenvalue weighted by Gasteiger charge is 2.52. The first-order valence-electron chi connectivity index (χ1n) is 40.7. The molecule has 37 heteroatoms. The molecular weight excluding hydrogens is 1600 g/mol. The van der Waals surface area contributed by atoms with Gasteiger partial charge in [-0.2, -0.15) is 0 Å². The number of phenolic OH excluding ortho intramolecular Hbond substituents is 3. The number of nitrogens with one attached hydrogen (secondary N) is 10. The maximum atomic E-state index is 16.4. The zero-order chi connectivity index (χ0) is 86.6. The Hall–Kier alpha value is -9.28. The maximum Gasteiger partial charge on any atom is 0.248 e. The number of primary amides is 1. The fourth-order valence-electron chi connectivity index (χ4n) is 15.8. The predicted octanol–water partition coefficient (Wildman–Crippen LogP) is 3.64. The Kier molecular flexibility index (Phi) is 31.3. The Morgan fingerprint density at radius 1 is 0.692 bits per heavy atom. The van der Waals surface area contributed by atoms with Gasteiger partial charge in [-0.05, 0) is 141 Å². The summed E-state index contributed by atoms with van der Waals surface area (Å²) in [7, 11) is 1.49. The third kappa shape index (κ3) is 22.0. The molecule has 19 atom stereocenters. The molecular formula is C83H110Cl2N12O23. The highest BCUT2D eigenvalue weighted by atomic mass is 35.5. The van der Waals surface area contributed by atoms with Crippen LogP contribution in [0.1, 0.15) is 176 Å². The molecule has 0 radical (unpaired) electrons. The SMILES string of the molecule is CCCCCCCCCCNCCN[C@@]1(C)C[C@H](O[C@H]2[C@H](Oc3c4cc5cc3Oc3ccc(cc3Cl)[C@@H](O)[C@@H](NC(=O)[C@@H](CC(C)C)NC)C(=O)N[C@@H](CC(N)=O)C(=O)N[C@H]5C(=O)N[C@H]3C(=O)N[C@H](C(=O)N[C@H](C(=O)NCC5CCCO5)c5cc(O)cc(O)c5-c5cc3ccc5O)[C@H](O)c3ccc(c(Cl)c3)O4)O[C@H](CN)[C@@H](O)[C@@H]2O)O[C@@H](C)[C@H]1O. The fraction of sp³-hybridized carbons (Fsp3) is 0.542. The molecule has 0 aromatic heterocycles. The van der Waals surface area contributed by atoms with Gasteiger partial charge in [0.1, 0.15) is 95.5 Å². The zero-order valence-electron chi connectivity index (χ0n) is 67.5. The van der Waals surface area contributed by atoms with E-state index in [0.29, 0.717) is 32.5 Å². The van der Waals surface area contributed by atoms with Crippen molar-refractivity contribution < 1.29 is 112 Å². The van der Waals surface area contributed by atoms with Gasteiger partial charge in [0, 0.05) is 61.9 Å². The van der Waals surface area contributed by atoms with Crippen LogP contribution in [0.5, 0.6) is 46.0 Å². The third-order valence-electron chi connectivity index (χ3n) is 22.4. The summed E-state index contributed by atoms with van der Waals surface area (Å²) in [5.74, 6) is -14.2. The van der Waals surface area contributed by atoms with E-state index in [9.17, 15) is 55.2 Å². The topological polar surface area (TPSA) is 535 Å². The molecule has 35 nitrogen and oxygen atoms in total. The van der Waals surface area contributed by atoms with Gasteiger partial charge >= 0.3 is 0 Å². The number of likely N-dealkylation sites (N-methyl/N-ethyl adjacent to an activating group) is 1. The van der Waals surface area contributed by atoms with Crippen molar-refractivity contribution in [2.75, 3.05) is 46.4 Å². The lowest BCUT2D eigenvalue weighted by Gasteiger charge is -2.48. The molecule has 22 N–H and O–H groups in total. The number of hydrogen-bond donors (Lipinski definition) is 20. The van der Waals surface area contributed by atoms with E-state index in [1.54, 1.807) is 13.8 Å². The molecule has 8 amide bonds. The van der Waals surface area contributed by atoms with Crippen LogP contribution >= 0.6 is 23.2 Å². The molecule has 0 aliphatic carbocycles. The molecule has 8 aliphatic rings. The number of carbonyl (C=O) groups is 8. The number of hydrogen-bond acceptors (Lipinski definition) is 27. The minimum absolute atomic E-state index is 0.0768. The van der Waals surface area contributed by atoms with Gasteiger partial charge in [-0.15, -0.1) is 0 Å². The number of aliphatic hydroxyl groups excluding tert-OH is 5. The number of phenols is 3. The van der Waals surface area contributed by atoms with Gasteiger partial charge < -0.3 is 139 Å². The molecule has 8 heterocycles. The summed E-state index contributed by atoms with van der Waals surface area (Å²) in [6.45, 7) is 10.8. The van der Waals surface area contributed by atoms with E-state index >= 15 is 24.0 Å². The second kappa shape index (κ2) is 41.1. The van der Waals surface area contributed by atoms with E-state index in [-0.39, 0.29) is 74.7 Å². The summed E-state index contributed by atoms with van der Waals surface area (Å²) in [4.78, 5) is 121. The quantitative estimate of drug-likeness (QED) is 0.0318. The number of nitrogens with two attached hydrogens (primary N) is 2. The molecule has 654 valence electrons. The molecule has 120 heavy (non-hydrogen) atoms. The van der Waals surface area contributed by atoms with Gasteiger partial charge in [0.2, 0.25) is 59.3 Å². The minimum atomic E-state index is -2.32. The minimum Gasteiger partial charge on any atom is -0.508 e. The summed E-state index contributed by atoms with van der Waals surface area (Å²) in [5.41, 5.74) is 8.81. The molecule has 0 saturated carbocycles. The number of fused-ring (bicyclic) bond motifs is 15. The van der Waals surface area contributed by atoms with Crippen LogP contribution in [0.15, 0.2) is 78.9 Å². The van der Waals surface area contributed by atoms with E-state index in [0.717, 1.165) is 74.3 Å². The van der Waals surface area contributed by atoms with Crippen LogP contribution in [0, 0.1) is 5.92 Å². The summed E-state index contributed by atoms with van der Waals surface area (Å²) in [6, 6.07) is 0.888. The highest BCUT2D eigenvalue weighted by molar-refractivity contribution is 6.32. The van der Waals surface area contributed by atoms with E-state index in [1.807, 2.05) is 13.8 Å². The van der Waals surface area contributed by atoms with Crippen molar-refractivity contribution in [3.63, 3.8) is 0 Å². The van der Waals surface area contributed by atoms with Crippen LogP contribution in [-0.4, -0.2) is 220 Å². The molecule has 11 bridgehead atoms. The van der Waals surface area contributed by atoms with Crippen LogP contribution < -0.4 is 78.8 Å². The van der Waals surface area contributed by atoms with Gasteiger partial charge in [-0.25, -0.2) is 0 Å². The van der Waals surface area contributed by atoms with Gasteiger partial charge in [0.05, 0.1) is 40.8 Å². The number of carbonyl (C=O) groups excluding carboxylic acids is 8. The number of benzene rings is 5. The van der Waals surface area contributed by atoms with Crippen molar-refractivity contribution in [2.24, 2.45) is 17.4 Å². The van der Waals surface area contributed by atoms with Crippen molar-refractivity contribution in [2.45, 2.75) is 233 Å². The second-order valence-corrected chi connectivity index (χ2v) is 32.7.